The molecule has 0 aliphatic carbocycles. The Morgan fingerprint density at radius 1 is 1.35 bits per heavy atom. The van der Waals surface area contributed by atoms with Crippen molar-refractivity contribution in [2.75, 3.05) is 27.2 Å². The lowest BCUT2D eigenvalue weighted by molar-refractivity contribution is -0.696. The zero-order valence-electron chi connectivity index (χ0n) is 12.9. The Balaban J connectivity index is 1.80. The van der Waals surface area contributed by atoms with E-state index in [1.165, 1.54) is 5.56 Å². The highest BCUT2D eigenvalue weighted by Gasteiger charge is 2.24. The third-order valence-electron chi connectivity index (χ3n) is 4.27. The number of aromatic nitrogens is 1. The SMILES string of the molecule is Cc1cc[n+](CCC(=O)N(C)C2CCN(C)CC2)cc1. The van der Waals surface area contributed by atoms with Crippen molar-refractivity contribution in [3.63, 3.8) is 0 Å². The Kier molecular flexibility index (Phi) is 5.12. The molecule has 20 heavy (non-hydrogen) atoms. The van der Waals surface area contributed by atoms with E-state index in [1.807, 2.05) is 24.3 Å². The first kappa shape index (κ1) is 15.0. The van der Waals surface area contributed by atoms with E-state index in [-0.39, 0.29) is 5.91 Å². The van der Waals surface area contributed by atoms with Crippen molar-refractivity contribution in [2.24, 2.45) is 0 Å². The third-order valence-corrected chi connectivity index (χ3v) is 4.27. The van der Waals surface area contributed by atoms with E-state index in [0.29, 0.717) is 12.5 Å². The van der Waals surface area contributed by atoms with Gasteiger partial charge < -0.3 is 9.80 Å². The summed E-state index contributed by atoms with van der Waals surface area (Å²) >= 11 is 0. The van der Waals surface area contributed by atoms with Crippen molar-refractivity contribution in [1.29, 1.82) is 0 Å². The van der Waals surface area contributed by atoms with Crippen LogP contribution in [0.4, 0.5) is 0 Å². The van der Waals surface area contributed by atoms with Gasteiger partial charge in [0.1, 0.15) is 0 Å². The number of carbonyl (C=O) groups excluding carboxylic acids is 1. The molecular weight excluding hydrogens is 250 g/mol. The molecule has 1 aromatic rings. The molecule has 0 saturated carbocycles. The molecule has 0 N–H and O–H groups in total. The van der Waals surface area contributed by atoms with E-state index in [4.69, 9.17) is 0 Å². The van der Waals surface area contributed by atoms with Gasteiger partial charge in [-0.25, -0.2) is 4.57 Å². The van der Waals surface area contributed by atoms with E-state index < -0.39 is 0 Å². The highest BCUT2D eigenvalue weighted by Crippen LogP contribution is 2.14. The van der Waals surface area contributed by atoms with Gasteiger partial charge in [0.05, 0.1) is 6.42 Å². The number of aryl methyl sites for hydroxylation is 2. The summed E-state index contributed by atoms with van der Waals surface area (Å²) in [7, 11) is 4.10. The fourth-order valence-corrected chi connectivity index (χ4v) is 2.67. The zero-order chi connectivity index (χ0) is 14.5. The fraction of sp³-hybridized carbons (Fsp3) is 0.625. The second kappa shape index (κ2) is 6.84. The average molecular weight is 276 g/mol. The molecule has 1 saturated heterocycles. The number of pyridine rings is 1. The number of rotatable bonds is 4. The highest BCUT2D eigenvalue weighted by molar-refractivity contribution is 5.76. The fourth-order valence-electron chi connectivity index (χ4n) is 2.67. The van der Waals surface area contributed by atoms with Gasteiger partial charge in [-0.15, -0.1) is 0 Å². The lowest BCUT2D eigenvalue weighted by atomic mass is 10.0. The van der Waals surface area contributed by atoms with Crippen molar-refractivity contribution < 1.29 is 9.36 Å². The van der Waals surface area contributed by atoms with Crippen LogP contribution >= 0.6 is 0 Å². The van der Waals surface area contributed by atoms with Gasteiger partial charge in [-0.2, -0.15) is 0 Å². The van der Waals surface area contributed by atoms with Crippen molar-refractivity contribution in [2.45, 2.75) is 38.8 Å². The third kappa shape index (κ3) is 4.04. The minimum Gasteiger partial charge on any atom is -0.342 e. The number of amides is 1. The van der Waals surface area contributed by atoms with Crippen molar-refractivity contribution >= 4 is 5.91 Å². The summed E-state index contributed by atoms with van der Waals surface area (Å²) in [6, 6.07) is 4.57. The minimum absolute atomic E-state index is 0.257. The summed E-state index contributed by atoms with van der Waals surface area (Å²) in [6.45, 7) is 5.02. The molecule has 1 aromatic heterocycles. The predicted molar refractivity (Wildman–Crippen MR) is 79.3 cm³/mol. The molecule has 1 aliphatic rings. The minimum atomic E-state index is 0.257. The van der Waals surface area contributed by atoms with Crippen LogP contribution in [0.1, 0.15) is 24.8 Å². The molecule has 1 amide bonds. The van der Waals surface area contributed by atoms with E-state index in [1.54, 1.807) is 0 Å². The van der Waals surface area contributed by atoms with Gasteiger partial charge in [0.2, 0.25) is 5.91 Å². The molecule has 1 fully saturated rings. The molecular formula is C16H26N3O+. The van der Waals surface area contributed by atoms with Gasteiger partial charge in [-0.1, -0.05) is 0 Å². The monoisotopic (exact) mass is 276 g/mol. The molecule has 1 aliphatic heterocycles. The second-order valence-corrected chi connectivity index (χ2v) is 5.90. The van der Waals surface area contributed by atoms with Crippen LogP contribution in [0.15, 0.2) is 24.5 Å². The normalized spacial score (nSPS) is 17.1. The Labute approximate surface area is 122 Å². The molecule has 2 heterocycles. The van der Waals surface area contributed by atoms with Gasteiger partial charge >= 0.3 is 0 Å². The quantitative estimate of drug-likeness (QED) is 0.774. The predicted octanol–water partition coefficient (Wildman–Crippen LogP) is 1.23. The van der Waals surface area contributed by atoms with Crippen LogP contribution in [-0.2, 0) is 11.3 Å². The highest BCUT2D eigenvalue weighted by atomic mass is 16.2. The largest absolute Gasteiger partial charge is 0.342 e. The molecule has 0 unspecified atom stereocenters. The first-order valence-electron chi connectivity index (χ1n) is 7.46. The maximum Gasteiger partial charge on any atom is 0.228 e. The Morgan fingerprint density at radius 2 is 1.95 bits per heavy atom. The maximum absolute atomic E-state index is 12.3. The van der Waals surface area contributed by atoms with Crippen LogP contribution in [-0.4, -0.2) is 48.9 Å². The standard InChI is InChI=1S/C16H26N3O/c1-14-4-11-19(12-5-14)13-8-16(20)18(3)15-6-9-17(2)10-7-15/h4-5,11-12,15H,6-10,13H2,1-3H3/q+1. The van der Waals surface area contributed by atoms with Crippen LogP contribution in [0, 0.1) is 6.92 Å². The van der Waals surface area contributed by atoms with Gasteiger partial charge in [0, 0.05) is 25.2 Å². The second-order valence-electron chi connectivity index (χ2n) is 5.90. The van der Waals surface area contributed by atoms with Crippen LogP contribution in [0.3, 0.4) is 0 Å². The van der Waals surface area contributed by atoms with E-state index in [0.717, 1.165) is 32.5 Å². The van der Waals surface area contributed by atoms with Crippen molar-refractivity contribution in [3.8, 4) is 0 Å². The molecule has 0 spiro atoms. The molecule has 110 valence electrons. The smallest absolute Gasteiger partial charge is 0.228 e. The lowest BCUT2D eigenvalue weighted by Crippen LogP contribution is -2.45. The number of likely N-dealkylation sites (tertiary alicyclic amines) is 1. The number of nitrogens with zero attached hydrogens (tertiary/aromatic N) is 3. The zero-order valence-corrected chi connectivity index (χ0v) is 12.9. The number of hydrogen-bond acceptors (Lipinski definition) is 2. The Bertz CT molecular complexity index is 436. The summed E-state index contributed by atoms with van der Waals surface area (Å²) in [6.07, 6.45) is 6.85. The summed E-state index contributed by atoms with van der Waals surface area (Å²) < 4.78 is 2.08. The summed E-state index contributed by atoms with van der Waals surface area (Å²) in [5.41, 5.74) is 1.25. The van der Waals surface area contributed by atoms with Crippen LogP contribution in [0.2, 0.25) is 0 Å². The summed E-state index contributed by atoms with van der Waals surface area (Å²) in [5.74, 6) is 0.257. The number of piperidine rings is 1. The average Bonchev–Trinajstić information content (AvgIpc) is 2.46. The van der Waals surface area contributed by atoms with Gasteiger partial charge in [-0.05, 0) is 45.5 Å². The van der Waals surface area contributed by atoms with Crippen LogP contribution in [0.5, 0.6) is 0 Å². The van der Waals surface area contributed by atoms with E-state index in [9.17, 15) is 4.79 Å². The van der Waals surface area contributed by atoms with E-state index >= 15 is 0 Å². The molecule has 0 aromatic carbocycles. The lowest BCUT2D eigenvalue weighted by Gasteiger charge is -2.35. The maximum atomic E-state index is 12.3. The van der Waals surface area contributed by atoms with Gasteiger partial charge in [0.25, 0.3) is 0 Å². The summed E-state index contributed by atoms with van der Waals surface area (Å²) in [5, 5.41) is 0. The van der Waals surface area contributed by atoms with Crippen LogP contribution < -0.4 is 4.57 Å². The number of hydrogen-bond donors (Lipinski definition) is 0. The first-order chi connectivity index (χ1) is 9.56. The van der Waals surface area contributed by atoms with Crippen molar-refractivity contribution in [1.82, 2.24) is 9.80 Å². The molecule has 4 heteroatoms. The molecule has 2 rings (SSSR count). The molecule has 0 radical (unpaired) electrons. The number of carbonyl (C=O) groups is 1. The Hall–Kier alpha value is -1.42. The molecule has 4 nitrogen and oxygen atoms in total. The summed E-state index contributed by atoms with van der Waals surface area (Å²) in [4.78, 5) is 16.6. The molecule has 0 atom stereocenters. The molecule has 0 bridgehead atoms. The van der Waals surface area contributed by atoms with Crippen LogP contribution in [0.25, 0.3) is 0 Å². The van der Waals surface area contributed by atoms with E-state index in [2.05, 4.69) is 35.6 Å². The van der Waals surface area contributed by atoms with Crippen molar-refractivity contribution in [3.05, 3.63) is 30.1 Å². The Morgan fingerprint density at radius 3 is 2.55 bits per heavy atom. The topological polar surface area (TPSA) is 27.4 Å². The van der Waals surface area contributed by atoms with Gasteiger partial charge in [-0.3, -0.25) is 4.79 Å². The first-order valence-corrected chi connectivity index (χ1v) is 7.46. The van der Waals surface area contributed by atoms with Gasteiger partial charge in [0.15, 0.2) is 18.9 Å².